The molecule has 0 aromatic heterocycles. The van der Waals surface area contributed by atoms with Gasteiger partial charge in [-0.1, -0.05) is 91.0 Å². The van der Waals surface area contributed by atoms with E-state index in [-0.39, 0.29) is 19.3 Å². The average molecular weight is 644 g/mol. The summed E-state index contributed by atoms with van der Waals surface area (Å²) in [6.07, 6.45) is -0.0530. The van der Waals surface area contributed by atoms with E-state index in [2.05, 4.69) is 16.0 Å². The standard InChI is InChI=1S/C35H37N3O9/c1-46-34(44)28(22-14-8-4-9-15-22)37-31(40)25-18-24(30(39)36-27(33(42)43)21-12-6-3-7-13-21)19-26(20-25)32(41)38-29(35(45)47-2)23-16-10-5-11-17-23/h3-17,24-29H,18-20H2,1-2H3,(H,36,39)(H,37,40)(H,38,41)(H,42,43)/t24?,25-,26+,27?,28?,29?. The van der Waals surface area contributed by atoms with Crippen LogP contribution in [0.3, 0.4) is 0 Å². The van der Waals surface area contributed by atoms with E-state index in [0.717, 1.165) is 0 Å². The zero-order valence-corrected chi connectivity index (χ0v) is 26.0. The summed E-state index contributed by atoms with van der Waals surface area (Å²) in [4.78, 5) is 78.6. The molecule has 0 saturated heterocycles. The number of hydrogen-bond donors (Lipinski definition) is 4. The molecule has 246 valence electrons. The molecular formula is C35H37N3O9. The van der Waals surface area contributed by atoms with Gasteiger partial charge >= 0.3 is 17.9 Å². The van der Waals surface area contributed by atoms with Crippen LogP contribution in [-0.4, -0.2) is 55.0 Å². The monoisotopic (exact) mass is 643 g/mol. The van der Waals surface area contributed by atoms with Crippen LogP contribution in [0.1, 0.15) is 54.1 Å². The van der Waals surface area contributed by atoms with Crippen molar-refractivity contribution in [2.75, 3.05) is 14.2 Å². The second-order valence-corrected chi connectivity index (χ2v) is 11.2. The molecule has 0 bridgehead atoms. The first-order valence-electron chi connectivity index (χ1n) is 15.1. The number of carbonyl (C=O) groups is 6. The number of ether oxygens (including phenoxy) is 2. The first kappa shape index (κ1) is 34.4. The van der Waals surface area contributed by atoms with Crippen molar-refractivity contribution in [2.24, 2.45) is 17.8 Å². The van der Waals surface area contributed by atoms with E-state index in [9.17, 15) is 33.9 Å². The molecule has 0 heterocycles. The van der Waals surface area contributed by atoms with Crippen LogP contribution in [0.5, 0.6) is 0 Å². The topological polar surface area (TPSA) is 177 Å². The number of hydrogen-bond acceptors (Lipinski definition) is 8. The van der Waals surface area contributed by atoms with Gasteiger partial charge in [0.2, 0.25) is 17.7 Å². The average Bonchev–Trinajstić information content (AvgIpc) is 3.11. The van der Waals surface area contributed by atoms with Crippen LogP contribution in [0.15, 0.2) is 91.0 Å². The Labute approximate surface area is 271 Å². The Morgan fingerprint density at radius 2 is 0.809 bits per heavy atom. The second kappa shape index (κ2) is 16.2. The number of aliphatic carboxylic acids is 1. The van der Waals surface area contributed by atoms with Crippen molar-refractivity contribution in [2.45, 2.75) is 37.4 Å². The van der Waals surface area contributed by atoms with Crippen LogP contribution in [0.25, 0.3) is 0 Å². The quantitative estimate of drug-likeness (QED) is 0.216. The van der Waals surface area contributed by atoms with E-state index in [1.807, 2.05) is 0 Å². The van der Waals surface area contributed by atoms with Crippen molar-refractivity contribution < 1.29 is 43.3 Å². The second-order valence-electron chi connectivity index (χ2n) is 11.2. The molecule has 4 unspecified atom stereocenters. The Morgan fingerprint density at radius 1 is 0.532 bits per heavy atom. The molecule has 1 fully saturated rings. The largest absolute Gasteiger partial charge is 0.479 e. The van der Waals surface area contributed by atoms with Crippen LogP contribution in [0.4, 0.5) is 0 Å². The highest BCUT2D eigenvalue weighted by Crippen LogP contribution is 2.36. The number of amides is 3. The highest BCUT2D eigenvalue weighted by atomic mass is 16.5. The summed E-state index contributed by atoms with van der Waals surface area (Å²) in [6.45, 7) is 0. The lowest BCUT2D eigenvalue weighted by Gasteiger charge is -2.34. The zero-order valence-electron chi connectivity index (χ0n) is 26.0. The van der Waals surface area contributed by atoms with Crippen LogP contribution in [0, 0.1) is 17.8 Å². The maximum atomic E-state index is 13.7. The van der Waals surface area contributed by atoms with Gasteiger partial charge in [-0.25, -0.2) is 14.4 Å². The lowest BCUT2D eigenvalue weighted by atomic mass is 9.73. The van der Waals surface area contributed by atoms with Gasteiger partial charge in [0.1, 0.15) is 0 Å². The summed E-state index contributed by atoms with van der Waals surface area (Å²) in [7, 11) is 2.39. The normalized spacial score (nSPS) is 19.1. The molecule has 47 heavy (non-hydrogen) atoms. The third-order valence-corrected chi connectivity index (χ3v) is 8.20. The molecule has 3 amide bonds. The summed E-state index contributed by atoms with van der Waals surface area (Å²) in [5, 5.41) is 17.9. The van der Waals surface area contributed by atoms with Gasteiger partial charge in [-0.15, -0.1) is 0 Å². The summed E-state index contributed by atoms with van der Waals surface area (Å²) in [5.41, 5.74) is 1.30. The number of esters is 2. The van der Waals surface area contributed by atoms with Crippen molar-refractivity contribution >= 4 is 35.6 Å². The van der Waals surface area contributed by atoms with E-state index in [4.69, 9.17) is 9.47 Å². The Hall–Kier alpha value is -5.52. The van der Waals surface area contributed by atoms with Crippen molar-refractivity contribution in [3.05, 3.63) is 108 Å². The number of nitrogens with one attached hydrogen (secondary N) is 3. The summed E-state index contributed by atoms with van der Waals surface area (Å²) >= 11 is 0. The minimum absolute atomic E-state index is 0.00610. The minimum atomic E-state index is -1.37. The molecule has 12 nitrogen and oxygen atoms in total. The van der Waals surface area contributed by atoms with E-state index in [1.54, 1.807) is 91.0 Å². The van der Waals surface area contributed by atoms with Crippen molar-refractivity contribution in [3.8, 4) is 0 Å². The number of carboxylic acids is 1. The SMILES string of the molecule is COC(=O)C(NC(=O)[C@@H]1CC(C(=O)NC(C(=O)O)c2ccccc2)C[C@H](C(=O)NC(C(=O)OC)c2ccccc2)C1)c1ccccc1. The summed E-state index contributed by atoms with van der Waals surface area (Å²) < 4.78 is 9.84. The Bertz CT molecular complexity index is 1490. The maximum absolute atomic E-state index is 13.7. The maximum Gasteiger partial charge on any atom is 0.333 e. The number of benzene rings is 3. The van der Waals surface area contributed by atoms with Gasteiger partial charge in [0, 0.05) is 17.8 Å². The van der Waals surface area contributed by atoms with Gasteiger partial charge in [-0.2, -0.15) is 0 Å². The third kappa shape index (κ3) is 8.81. The van der Waals surface area contributed by atoms with Crippen molar-refractivity contribution in [1.29, 1.82) is 0 Å². The predicted octanol–water partition coefficient (Wildman–Crippen LogP) is 3.02. The highest BCUT2D eigenvalue weighted by Gasteiger charge is 2.42. The fraction of sp³-hybridized carbons (Fsp3) is 0.314. The molecule has 1 aliphatic carbocycles. The number of carboxylic acid groups (broad SMARTS) is 1. The molecule has 0 radical (unpaired) electrons. The Morgan fingerprint density at radius 3 is 1.09 bits per heavy atom. The summed E-state index contributed by atoms with van der Waals surface area (Å²) in [6, 6.07) is 21.4. The first-order chi connectivity index (χ1) is 22.6. The van der Waals surface area contributed by atoms with Gasteiger partial charge in [-0.3, -0.25) is 14.4 Å². The molecule has 6 atom stereocenters. The molecule has 1 aliphatic rings. The fourth-order valence-electron chi connectivity index (χ4n) is 5.76. The van der Waals surface area contributed by atoms with Gasteiger partial charge in [0.15, 0.2) is 18.1 Å². The summed E-state index contributed by atoms with van der Waals surface area (Å²) in [5.74, 6) is -7.36. The molecule has 3 aromatic rings. The first-order valence-corrected chi connectivity index (χ1v) is 15.1. The molecule has 3 aromatic carbocycles. The van der Waals surface area contributed by atoms with Gasteiger partial charge < -0.3 is 30.5 Å². The smallest absolute Gasteiger partial charge is 0.333 e. The molecule has 12 heteroatoms. The van der Waals surface area contributed by atoms with Crippen LogP contribution < -0.4 is 16.0 Å². The lowest BCUT2D eigenvalue weighted by Crippen LogP contribution is -2.48. The van der Waals surface area contributed by atoms with E-state index in [0.29, 0.717) is 16.7 Å². The zero-order chi connectivity index (χ0) is 33.9. The van der Waals surface area contributed by atoms with Crippen LogP contribution >= 0.6 is 0 Å². The molecule has 1 saturated carbocycles. The van der Waals surface area contributed by atoms with Crippen LogP contribution in [0.2, 0.25) is 0 Å². The van der Waals surface area contributed by atoms with E-state index in [1.165, 1.54) is 14.2 Å². The van der Waals surface area contributed by atoms with Crippen LogP contribution in [-0.2, 0) is 38.2 Å². The van der Waals surface area contributed by atoms with E-state index >= 15 is 0 Å². The molecule has 0 aliphatic heterocycles. The van der Waals surface area contributed by atoms with Crippen molar-refractivity contribution in [3.63, 3.8) is 0 Å². The van der Waals surface area contributed by atoms with Gasteiger partial charge in [0.05, 0.1) is 14.2 Å². The highest BCUT2D eigenvalue weighted by molar-refractivity contribution is 5.91. The minimum Gasteiger partial charge on any atom is -0.479 e. The van der Waals surface area contributed by atoms with Gasteiger partial charge in [0.25, 0.3) is 0 Å². The molecule has 4 N–H and O–H groups in total. The fourth-order valence-corrected chi connectivity index (χ4v) is 5.76. The third-order valence-electron chi connectivity index (χ3n) is 8.20. The van der Waals surface area contributed by atoms with E-state index < -0.39 is 71.5 Å². The molecular weight excluding hydrogens is 606 g/mol. The Balaban J connectivity index is 1.61. The van der Waals surface area contributed by atoms with Crippen molar-refractivity contribution in [1.82, 2.24) is 16.0 Å². The molecule has 0 spiro atoms. The Kier molecular flexibility index (Phi) is 11.8. The number of methoxy groups -OCH3 is 2. The lowest BCUT2D eigenvalue weighted by molar-refractivity contribution is -0.148. The number of carbonyl (C=O) groups excluding carboxylic acids is 5. The van der Waals surface area contributed by atoms with Gasteiger partial charge in [-0.05, 0) is 36.0 Å². The predicted molar refractivity (Wildman–Crippen MR) is 168 cm³/mol. The molecule has 4 rings (SSSR count). The number of rotatable bonds is 12.